The molecule has 0 bridgehead atoms. The number of hydrogen-bond acceptors (Lipinski definition) is 3. The van der Waals surface area contributed by atoms with Crippen LogP contribution in [0.15, 0.2) is 146 Å². The SMILES string of the molecule is c1ccc(-c2cccc(B(c3cccc(-c4ccccn4)c3)c3cccc(-c4ccccn4)c3)c2)nc1. The van der Waals surface area contributed by atoms with Crippen molar-refractivity contribution in [3.63, 3.8) is 0 Å². The topological polar surface area (TPSA) is 38.7 Å². The van der Waals surface area contributed by atoms with E-state index < -0.39 is 0 Å². The fraction of sp³-hybridized carbons (Fsp3) is 0. The molecular weight excluding hydrogens is 449 g/mol. The van der Waals surface area contributed by atoms with Crippen molar-refractivity contribution >= 4 is 23.1 Å². The van der Waals surface area contributed by atoms with Gasteiger partial charge < -0.3 is 0 Å². The lowest BCUT2D eigenvalue weighted by Gasteiger charge is -2.18. The Balaban J connectivity index is 1.51. The molecule has 6 aromatic rings. The Labute approximate surface area is 217 Å². The molecule has 0 saturated heterocycles. The third-order valence-corrected chi connectivity index (χ3v) is 6.54. The Morgan fingerprint density at radius 1 is 0.351 bits per heavy atom. The first-order valence-electron chi connectivity index (χ1n) is 12.4. The molecule has 0 fully saturated rings. The van der Waals surface area contributed by atoms with Gasteiger partial charge >= 0.3 is 0 Å². The van der Waals surface area contributed by atoms with Gasteiger partial charge in [-0.1, -0.05) is 107 Å². The van der Waals surface area contributed by atoms with Crippen LogP contribution in [0.2, 0.25) is 0 Å². The summed E-state index contributed by atoms with van der Waals surface area (Å²) < 4.78 is 0. The first-order valence-corrected chi connectivity index (χ1v) is 12.4. The van der Waals surface area contributed by atoms with Crippen molar-refractivity contribution in [2.75, 3.05) is 0 Å². The van der Waals surface area contributed by atoms with Crippen LogP contribution in [0.1, 0.15) is 0 Å². The standard InChI is InChI=1S/C33H24BN3/c1-4-19-35-31(16-1)25-10-7-13-28(22-25)34(29-14-8-11-26(23-29)32-17-2-5-20-36-32)30-15-9-12-27(24-30)33-18-3-6-21-37-33/h1-24H. The molecule has 6 rings (SSSR count). The van der Waals surface area contributed by atoms with Gasteiger partial charge in [0.15, 0.2) is 0 Å². The van der Waals surface area contributed by atoms with Crippen LogP contribution in [-0.4, -0.2) is 21.7 Å². The van der Waals surface area contributed by atoms with E-state index in [0.717, 1.165) is 33.8 Å². The molecule has 3 nitrogen and oxygen atoms in total. The van der Waals surface area contributed by atoms with Crippen molar-refractivity contribution in [1.29, 1.82) is 0 Å². The Morgan fingerprint density at radius 2 is 0.703 bits per heavy atom. The molecule has 0 radical (unpaired) electrons. The van der Waals surface area contributed by atoms with Crippen molar-refractivity contribution in [1.82, 2.24) is 15.0 Å². The maximum Gasteiger partial charge on any atom is 0.241 e. The molecule has 0 spiro atoms. The number of benzene rings is 3. The minimum Gasteiger partial charge on any atom is -0.256 e. The van der Waals surface area contributed by atoms with Crippen molar-refractivity contribution < 1.29 is 0 Å². The van der Waals surface area contributed by atoms with Gasteiger partial charge in [0.05, 0.1) is 17.1 Å². The van der Waals surface area contributed by atoms with Gasteiger partial charge in [-0.15, -0.1) is 0 Å². The number of hydrogen-bond donors (Lipinski definition) is 0. The first kappa shape index (κ1) is 22.6. The summed E-state index contributed by atoms with van der Waals surface area (Å²) in [5.74, 6) is 0. The van der Waals surface area contributed by atoms with E-state index in [2.05, 4.69) is 106 Å². The highest BCUT2D eigenvalue weighted by atomic mass is 14.7. The van der Waals surface area contributed by atoms with E-state index in [9.17, 15) is 0 Å². The Morgan fingerprint density at radius 3 is 1.00 bits per heavy atom. The molecule has 3 aromatic carbocycles. The normalized spacial score (nSPS) is 10.7. The molecule has 0 aliphatic heterocycles. The number of nitrogens with zero attached hydrogens (tertiary/aromatic N) is 3. The largest absolute Gasteiger partial charge is 0.256 e. The van der Waals surface area contributed by atoms with Gasteiger partial charge in [-0.05, 0) is 53.1 Å². The van der Waals surface area contributed by atoms with Crippen LogP contribution in [-0.2, 0) is 0 Å². The molecule has 0 aliphatic rings. The second-order valence-electron chi connectivity index (χ2n) is 8.95. The van der Waals surface area contributed by atoms with E-state index in [1.54, 1.807) is 0 Å². The highest BCUT2D eigenvalue weighted by Crippen LogP contribution is 2.18. The predicted molar refractivity (Wildman–Crippen MR) is 154 cm³/mol. The Bertz CT molecular complexity index is 1420. The monoisotopic (exact) mass is 473 g/mol. The Kier molecular flexibility index (Phi) is 6.38. The molecule has 0 N–H and O–H groups in total. The maximum absolute atomic E-state index is 4.59. The van der Waals surface area contributed by atoms with Crippen molar-refractivity contribution in [3.8, 4) is 33.8 Å². The third kappa shape index (κ3) is 4.96. The molecule has 0 saturated carbocycles. The van der Waals surface area contributed by atoms with Crippen LogP contribution < -0.4 is 16.4 Å². The van der Waals surface area contributed by atoms with Crippen LogP contribution in [0.4, 0.5) is 0 Å². The van der Waals surface area contributed by atoms with Gasteiger partial charge in [-0.25, -0.2) is 0 Å². The maximum atomic E-state index is 4.59. The summed E-state index contributed by atoms with van der Waals surface area (Å²) >= 11 is 0. The summed E-state index contributed by atoms with van der Waals surface area (Å²) in [4.78, 5) is 13.8. The lowest BCUT2D eigenvalue weighted by atomic mass is 9.36. The molecule has 0 unspecified atom stereocenters. The predicted octanol–water partition coefficient (Wildman–Crippen LogP) is 5.39. The number of aromatic nitrogens is 3. The quantitative estimate of drug-likeness (QED) is 0.305. The Hall–Kier alpha value is -4.83. The van der Waals surface area contributed by atoms with Crippen LogP contribution in [0.3, 0.4) is 0 Å². The van der Waals surface area contributed by atoms with Crippen LogP contribution in [0.25, 0.3) is 33.8 Å². The third-order valence-electron chi connectivity index (χ3n) is 6.54. The van der Waals surface area contributed by atoms with E-state index in [4.69, 9.17) is 0 Å². The average Bonchev–Trinajstić information content (AvgIpc) is 2.99. The molecule has 3 heterocycles. The minimum atomic E-state index is 0.0241. The summed E-state index contributed by atoms with van der Waals surface area (Å²) in [6.45, 7) is 0.0241. The van der Waals surface area contributed by atoms with E-state index in [0.29, 0.717) is 0 Å². The highest BCUT2D eigenvalue weighted by Gasteiger charge is 2.23. The summed E-state index contributed by atoms with van der Waals surface area (Å²) in [7, 11) is 0. The van der Waals surface area contributed by atoms with E-state index in [1.165, 1.54) is 16.4 Å². The van der Waals surface area contributed by atoms with Gasteiger partial charge in [0.25, 0.3) is 0 Å². The van der Waals surface area contributed by atoms with Crippen LogP contribution >= 0.6 is 0 Å². The second-order valence-corrected chi connectivity index (χ2v) is 8.95. The van der Waals surface area contributed by atoms with Gasteiger partial charge in [0.2, 0.25) is 6.71 Å². The van der Waals surface area contributed by atoms with Crippen LogP contribution in [0, 0.1) is 0 Å². The molecule has 0 amide bonds. The summed E-state index contributed by atoms with van der Waals surface area (Å²) in [6.07, 6.45) is 5.52. The lowest BCUT2D eigenvalue weighted by Crippen LogP contribution is -2.52. The number of rotatable bonds is 6. The fourth-order valence-electron chi connectivity index (χ4n) is 4.81. The lowest BCUT2D eigenvalue weighted by molar-refractivity contribution is 1.33. The smallest absolute Gasteiger partial charge is 0.241 e. The molecule has 3 aromatic heterocycles. The average molecular weight is 473 g/mol. The summed E-state index contributed by atoms with van der Waals surface area (Å²) in [5.41, 5.74) is 9.82. The van der Waals surface area contributed by atoms with Gasteiger partial charge in [-0.3, -0.25) is 15.0 Å². The molecule has 0 aliphatic carbocycles. The zero-order valence-corrected chi connectivity index (χ0v) is 20.3. The fourth-order valence-corrected chi connectivity index (χ4v) is 4.81. The minimum absolute atomic E-state index is 0.0241. The summed E-state index contributed by atoms with van der Waals surface area (Å²) in [5, 5.41) is 0. The molecule has 37 heavy (non-hydrogen) atoms. The zero-order chi connectivity index (χ0) is 24.9. The van der Waals surface area contributed by atoms with Crippen LogP contribution in [0.5, 0.6) is 0 Å². The van der Waals surface area contributed by atoms with E-state index >= 15 is 0 Å². The van der Waals surface area contributed by atoms with Gasteiger partial charge in [0, 0.05) is 18.6 Å². The van der Waals surface area contributed by atoms with E-state index in [-0.39, 0.29) is 6.71 Å². The molecule has 4 heteroatoms. The highest BCUT2D eigenvalue weighted by molar-refractivity contribution is 6.95. The van der Waals surface area contributed by atoms with Crippen molar-refractivity contribution in [2.24, 2.45) is 0 Å². The van der Waals surface area contributed by atoms with Crippen molar-refractivity contribution in [3.05, 3.63) is 146 Å². The van der Waals surface area contributed by atoms with Gasteiger partial charge in [0.1, 0.15) is 0 Å². The summed E-state index contributed by atoms with van der Waals surface area (Å²) in [6, 6.07) is 44.2. The van der Waals surface area contributed by atoms with Crippen molar-refractivity contribution in [2.45, 2.75) is 0 Å². The molecular formula is C33H24BN3. The second kappa shape index (κ2) is 10.4. The first-order chi connectivity index (χ1) is 18.3. The van der Waals surface area contributed by atoms with E-state index in [1.807, 2.05) is 55.0 Å². The zero-order valence-electron chi connectivity index (χ0n) is 20.3. The van der Waals surface area contributed by atoms with Gasteiger partial charge in [-0.2, -0.15) is 0 Å². The molecule has 0 atom stereocenters. The number of pyridine rings is 3. The molecule has 174 valence electrons.